The fraction of sp³-hybridized carbons (Fsp3) is 0.0588. The Bertz CT molecular complexity index is 804. The second-order valence-corrected chi connectivity index (χ2v) is 7.99. The molecule has 1 aliphatic rings. The number of carbonyl (C=O) groups excluding carboxylic acids is 2. The first kappa shape index (κ1) is 16.7. The van der Waals surface area contributed by atoms with Crippen LogP contribution in [-0.4, -0.2) is 16.0 Å². The molecule has 3 rings (SSSR count). The van der Waals surface area contributed by atoms with E-state index in [2.05, 4.69) is 38.5 Å². The van der Waals surface area contributed by atoms with Gasteiger partial charge in [0.25, 0.3) is 11.1 Å². The zero-order valence-electron chi connectivity index (χ0n) is 11.8. The minimum Gasteiger partial charge on any atom is -0.268 e. The highest BCUT2D eigenvalue weighted by Crippen LogP contribution is 2.34. The van der Waals surface area contributed by atoms with E-state index >= 15 is 0 Å². The zero-order chi connectivity index (χ0) is 16.4. The minimum atomic E-state index is -0.234. The predicted molar refractivity (Wildman–Crippen MR) is 105 cm³/mol. The highest BCUT2D eigenvalue weighted by Gasteiger charge is 2.35. The zero-order valence-corrected chi connectivity index (χ0v) is 16.4. The average Bonchev–Trinajstić information content (AvgIpc) is 2.79. The van der Waals surface area contributed by atoms with Gasteiger partial charge in [-0.2, -0.15) is 0 Å². The van der Waals surface area contributed by atoms with Gasteiger partial charge in [0, 0.05) is 8.04 Å². The SMILES string of the molecule is O=C1SC(=Cc2ccccc2I)C(=O)N1Cc1ccc(Br)cc1. The van der Waals surface area contributed by atoms with Crippen molar-refractivity contribution in [2.45, 2.75) is 6.54 Å². The summed E-state index contributed by atoms with van der Waals surface area (Å²) >= 11 is 6.59. The van der Waals surface area contributed by atoms with E-state index in [9.17, 15) is 9.59 Å². The molecule has 1 aliphatic heterocycles. The van der Waals surface area contributed by atoms with Crippen LogP contribution in [0.25, 0.3) is 6.08 Å². The Morgan fingerprint density at radius 3 is 2.48 bits per heavy atom. The van der Waals surface area contributed by atoms with Gasteiger partial charge in [0.1, 0.15) is 0 Å². The topological polar surface area (TPSA) is 37.4 Å². The standard InChI is InChI=1S/C17H11BrINO2S/c18-13-7-5-11(6-8-13)10-20-16(21)15(23-17(20)22)9-12-3-1-2-4-14(12)19/h1-9H,10H2. The van der Waals surface area contributed by atoms with Crippen molar-refractivity contribution in [1.82, 2.24) is 4.90 Å². The number of hydrogen-bond acceptors (Lipinski definition) is 3. The molecule has 3 nitrogen and oxygen atoms in total. The fourth-order valence-electron chi connectivity index (χ4n) is 2.14. The third kappa shape index (κ3) is 3.87. The maximum atomic E-state index is 12.5. The van der Waals surface area contributed by atoms with E-state index in [1.165, 1.54) is 4.90 Å². The molecule has 2 aromatic carbocycles. The van der Waals surface area contributed by atoms with Gasteiger partial charge < -0.3 is 0 Å². The largest absolute Gasteiger partial charge is 0.293 e. The quantitative estimate of drug-likeness (QED) is 0.425. The molecule has 0 aromatic heterocycles. The first-order valence-electron chi connectivity index (χ1n) is 6.79. The Morgan fingerprint density at radius 2 is 1.78 bits per heavy atom. The average molecular weight is 500 g/mol. The third-order valence-corrected chi connectivity index (χ3v) is 5.74. The molecule has 6 heteroatoms. The smallest absolute Gasteiger partial charge is 0.268 e. The van der Waals surface area contributed by atoms with Gasteiger partial charge in [0.05, 0.1) is 11.4 Å². The van der Waals surface area contributed by atoms with Crippen molar-refractivity contribution in [3.05, 3.63) is 72.6 Å². The molecular weight excluding hydrogens is 489 g/mol. The first-order chi connectivity index (χ1) is 11.0. The number of rotatable bonds is 3. The van der Waals surface area contributed by atoms with Crippen molar-refractivity contribution in [3.63, 3.8) is 0 Å². The highest BCUT2D eigenvalue weighted by atomic mass is 127. The Balaban J connectivity index is 1.82. The molecule has 1 saturated heterocycles. The van der Waals surface area contributed by atoms with Crippen LogP contribution in [0.15, 0.2) is 57.9 Å². The van der Waals surface area contributed by atoms with E-state index in [4.69, 9.17) is 0 Å². The lowest BCUT2D eigenvalue weighted by molar-refractivity contribution is -0.123. The summed E-state index contributed by atoms with van der Waals surface area (Å²) in [4.78, 5) is 26.4. The van der Waals surface area contributed by atoms with Gasteiger partial charge in [-0.05, 0) is 69.8 Å². The van der Waals surface area contributed by atoms with E-state index in [-0.39, 0.29) is 11.1 Å². The Hall–Kier alpha value is -1.12. The molecule has 0 bridgehead atoms. The van der Waals surface area contributed by atoms with Crippen LogP contribution in [-0.2, 0) is 11.3 Å². The van der Waals surface area contributed by atoms with Gasteiger partial charge in [-0.3, -0.25) is 14.5 Å². The number of amides is 2. The van der Waals surface area contributed by atoms with Crippen molar-refractivity contribution in [3.8, 4) is 0 Å². The Kier molecular flexibility index (Phi) is 5.23. The molecule has 0 atom stereocenters. The maximum absolute atomic E-state index is 12.5. The molecule has 0 spiro atoms. The van der Waals surface area contributed by atoms with Crippen molar-refractivity contribution >= 4 is 67.5 Å². The molecule has 116 valence electrons. The second-order valence-electron chi connectivity index (χ2n) is 4.92. The number of benzene rings is 2. The fourth-order valence-corrected chi connectivity index (χ4v) is 3.78. The van der Waals surface area contributed by atoms with E-state index in [0.29, 0.717) is 11.4 Å². The van der Waals surface area contributed by atoms with Crippen molar-refractivity contribution < 1.29 is 9.59 Å². The molecule has 0 saturated carbocycles. The highest BCUT2D eigenvalue weighted by molar-refractivity contribution is 14.1. The lowest BCUT2D eigenvalue weighted by Gasteiger charge is -2.12. The molecule has 0 unspecified atom stereocenters. The molecule has 0 aliphatic carbocycles. The summed E-state index contributed by atoms with van der Waals surface area (Å²) in [6.07, 6.45) is 1.79. The summed E-state index contributed by atoms with van der Waals surface area (Å²) < 4.78 is 2.01. The monoisotopic (exact) mass is 499 g/mol. The number of halogens is 2. The molecule has 1 fully saturated rings. The molecule has 0 radical (unpaired) electrons. The van der Waals surface area contributed by atoms with Crippen LogP contribution in [0.2, 0.25) is 0 Å². The number of carbonyl (C=O) groups is 2. The van der Waals surface area contributed by atoms with Crippen LogP contribution in [0.1, 0.15) is 11.1 Å². The predicted octanol–water partition coefficient (Wildman–Crippen LogP) is 5.29. The number of nitrogens with zero attached hydrogens (tertiary/aromatic N) is 1. The number of thioether (sulfide) groups is 1. The normalized spacial score (nSPS) is 16.4. The second kappa shape index (κ2) is 7.19. The summed E-state index contributed by atoms with van der Waals surface area (Å²) in [6, 6.07) is 15.4. The van der Waals surface area contributed by atoms with E-state index in [0.717, 1.165) is 30.9 Å². The van der Waals surface area contributed by atoms with Gasteiger partial charge in [-0.25, -0.2) is 0 Å². The van der Waals surface area contributed by atoms with Gasteiger partial charge in [-0.15, -0.1) is 0 Å². The van der Waals surface area contributed by atoms with E-state index in [1.54, 1.807) is 6.08 Å². The summed E-state index contributed by atoms with van der Waals surface area (Å²) in [5.74, 6) is -0.234. The van der Waals surface area contributed by atoms with Gasteiger partial charge in [0.15, 0.2) is 0 Å². The van der Waals surface area contributed by atoms with Gasteiger partial charge in [-0.1, -0.05) is 46.3 Å². The van der Waals surface area contributed by atoms with Crippen LogP contribution in [0.3, 0.4) is 0 Å². The van der Waals surface area contributed by atoms with Crippen LogP contribution in [0, 0.1) is 3.57 Å². The summed E-state index contributed by atoms with van der Waals surface area (Å²) in [7, 11) is 0. The van der Waals surface area contributed by atoms with Crippen molar-refractivity contribution in [2.75, 3.05) is 0 Å². The molecular formula is C17H11BrINO2S. The maximum Gasteiger partial charge on any atom is 0.293 e. The summed E-state index contributed by atoms with van der Waals surface area (Å²) in [6.45, 7) is 0.293. The summed E-state index contributed by atoms with van der Waals surface area (Å²) in [5, 5.41) is -0.227. The molecule has 23 heavy (non-hydrogen) atoms. The molecule has 0 N–H and O–H groups in total. The Labute approximate surface area is 160 Å². The molecule has 2 aromatic rings. The number of hydrogen-bond donors (Lipinski definition) is 0. The summed E-state index contributed by atoms with van der Waals surface area (Å²) in [5.41, 5.74) is 1.87. The van der Waals surface area contributed by atoms with Gasteiger partial charge >= 0.3 is 0 Å². The van der Waals surface area contributed by atoms with Crippen LogP contribution >= 0.6 is 50.3 Å². The van der Waals surface area contributed by atoms with Crippen molar-refractivity contribution in [1.29, 1.82) is 0 Å². The van der Waals surface area contributed by atoms with Crippen LogP contribution in [0.5, 0.6) is 0 Å². The van der Waals surface area contributed by atoms with E-state index in [1.807, 2.05) is 48.5 Å². The molecule has 1 heterocycles. The number of imide groups is 1. The van der Waals surface area contributed by atoms with Crippen LogP contribution in [0.4, 0.5) is 4.79 Å². The molecule has 2 amide bonds. The van der Waals surface area contributed by atoms with Crippen LogP contribution < -0.4 is 0 Å². The lowest BCUT2D eigenvalue weighted by Crippen LogP contribution is -2.27. The first-order valence-corrected chi connectivity index (χ1v) is 9.48. The Morgan fingerprint density at radius 1 is 1.09 bits per heavy atom. The lowest BCUT2D eigenvalue weighted by atomic mass is 10.2. The van der Waals surface area contributed by atoms with E-state index < -0.39 is 0 Å². The third-order valence-electron chi connectivity index (χ3n) is 3.32. The van der Waals surface area contributed by atoms with Crippen molar-refractivity contribution in [2.24, 2.45) is 0 Å². The van der Waals surface area contributed by atoms with Gasteiger partial charge in [0.2, 0.25) is 0 Å². The minimum absolute atomic E-state index is 0.227.